The first kappa shape index (κ1) is 17.7. The van der Waals surface area contributed by atoms with Gasteiger partial charge >= 0.3 is 0 Å². The van der Waals surface area contributed by atoms with Crippen LogP contribution in [0.4, 0.5) is 4.39 Å². The predicted molar refractivity (Wildman–Crippen MR) is 88.9 cm³/mol. The number of carbonyl (C=O) groups excluding carboxylic acids is 1. The first-order valence-electron chi connectivity index (χ1n) is 8.40. The molecule has 0 bridgehead atoms. The normalized spacial score (nSPS) is 18.2. The molecule has 0 radical (unpaired) electrons. The third kappa shape index (κ3) is 4.44. The van der Waals surface area contributed by atoms with E-state index in [1.54, 1.807) is 32.3 Å². The van der Waals surface area contributed by atoms with Gasteiger partial charge in [-0.05, 0) is 31.5 Å². The van der Waals surface area contributed by atoms with Crippen molar-refractivity contribution in [3.8, 4) is 5.75 Å². The first-order valence-corrected chi connectivity index (χ1v) is 8.40. The Morgan fingerprint density at radius 3 is 2.57 bits per heavy atom. The van der Waals surface area contributed by atoms with Gasteiger partial charge in [0, 0.05) is 7.05 Å². The molecule has 2 rings (SSSR count). The number of halogens is 1. The lowest BCUT2D eigenvalue weighted by Gasteiger charge is -2.36. The van der Waals surface area contributed by atoms with Crippen molar-refractivity contribution < 1.29 is 13.9 Å². The van der Waals surface area contributed by atoms with Crippen molar-refractivity contribution >= 4 is 5.91 Å². The van der Waals surface area contributed by atoms with Gasteiger partial charge in [0.2, 0.25) is 5.91 Å². The lowest BCUT2D eigenvalue weighted by Crippen LogP contribution is -2.59. The van der Waals surface area contributed by atoms with Gasteiger partial charge < -0.3 is 15.4 Å². The molecule has 1 atom stereocenters. The van der Waals surface area contributed by atoms with E-state index in [1.165, 1.54) is 25.3 Å². The average molecular weight is 322 g/mol. The number of amides is 1. The lowest BCUT2D eigenvalue weighted by atomic mass is 9.79. The van der Waals surface area contributed by atoms with Crippen molar-refractivity contribution in [1.82, 2.24) is 10.6 Å². The molecule has 1 aromatic carbocycles. The van der Waals surface area contributed by atoms with Crippen molar-refractivity contribution in [1.29, 1.82) is 0 Å². The second-order valence-electron chi connectivity index (χ2n) is 6.34. The van der Waals surface area contributed by atoms with Gasteiger partial charge in [-0.25, -0.2) is 4.39 Å². The summed E-state index contributed by atoms with van der Waals surface area (Å²) in [6.45, 7) is 0.112. The van der Waals surface area contributed by atoms with E-state index in [1.807, 2.05) is 0 Å². The van der Waals surface area contributed by atoms with Crippen LogP contribution in [0.2, 0.25) is 0 Å². The Balaban J connectivity index is 2.12. The summed E-state index contributed by atoms with van der Waals surface area (Å²) >= 11 is 0. The van der Waals surface area contributed by atoms with Crippen LogP contribution in [0.5, 0.6) is 5.75 Å². The Labute approximate surface area is 137 Å². The standard InChI is InChI=1S/C18H27FN2O2/c1-20-17(22)18(21-2,12-14-8-4-3-5-9-14)13-23-16-11-7-6-10-15(16)19/h6-7,10-11,14,21H,3-5,8-9,12-13H2,1-2H3,(H,20,22). The van der Waals surface area contributed by atoms with Gasteiger partial charge in [-0.2, -0.15) is 0 Å². The van der Waals surface area contributed by atoms with Crippen LogP contribution in [0.15, 0.2) is 24.3 Å². The number of rotatable bonds is 7. The number of carbonyl (C=O) groups is 1. The van der Waals surface area contributed by atoms with E-state index in [0.29, 0.717) is 12.3 Å². The molecule has 0 aliphatic heterocycles. The fourth-order valence-corrected chi connectivity index (χ4v) is 3.39. The van der Waals surface area contributed by atoms with E-state index in [2.05, 4.69) is 10.6 Å². The quantitative estimate of drug-likeness (QED) is 0.811. The Bertz CT molecular complexity index is 517. The van der Waals surface area contributed by atoms with Gasteiger partial charge in [0.25, 0.3) is 0 Å². The van der Waals surface area contributed by atoms with Crippen molar-refractivity contribution in [3.05, 3.63) is 30.1 Å². The molecule has 1 fully saturated rings. The molecular weight excluding hydrogens is 295 g/mol. The summed E-state index contributed by atoms with van der Waals surface area (Å²) in [5.74, 6) is 0.159. The van der Waals surface area contributed by atoms with Gasteiger partial charge in [0.05, 0.1) is 0 Å². The number of likely N-dealkylation sites (N-methyl/N-ethyl adjacent to an activating group) is 2. The summed E-state index contributed by atoms with van der Waals surface area (Å²) in [5.41, 5.74) is -0.834. The minimum Gasteiger partial charge on any atom is -0.488 e. The second-order valence-corrected chi connectivity index (χ2v) is 6.34. The summed E-state index contributed by atoms with van der Waals surface area (Å²) < 4.78 is 19.4. The number of hydrogen-bond donors (Lipinski definition) is 2. The van der Waals surface area contributed by atoms with E-state index in [-0.39, 0.29) is 18.3 Å². The number of nitrogens with one attached hydrogen (secondary N) is 2. The summed E-state index contributed by atoms with van der Waals surface area (Å²) in [6.07, 6.45) is 6.69. The Hall–Kier alpha value is -1.62. The highest BCUT2D eigenvalue weighted by Crippen LogP contribution is 2.31. The molecule has 0 spiro atoms. The molecule has 1 aliphatic rings. The maximum Gasteiger partial charge on any atom is 0.243 e. The molecule has 1 aromatic rings. The van der Waals surface area contributed by atoms with Gasteiger partial charge in [0.15, 0.2) is 11.6 Å². The molecule has 1 saturated carbocycles. The fourth-order valence-electron chi connectivity index (χ4n) is 3.39. The van der Waals surface area contributed by atoms with E-state index < -0.39 is 11.4 Å². The topological polar surface area (TPSA) is 50.4 Å². The highest BCUT2D eigenvalue weighted by molar-refractivity contribution is 5.86. The lowest BCUT2D eigenvalue weighted by molar-refractivity contribution is -0.129. The van der Waals surface area contributed by atoms with E-state index >= 15 is 0 Å². The highest BCUT2D eigenvalue weighted by Gasteiger charge is 2.40. The summed E-state index contributed by atoms with van der Waals surface area (Å²) in [5, 5.41) is 5.87. The number of benzene rings is 1. The van der Waals surface area contributed by atoms with Crippen molar-refractivity contribution in [2.24, 2.45) is 5.92 Å². The zero-order valence-electron chi connectivity index (χ0n) is 14.0. The van der Waals surface area contributed by atoms with Crippen molar-refractivity contribution in [2.75, 3.05) is 20.7 Å². The summed E-state index contributed by atoms with van der Waals surface area (Å²) in [4.78, 5) is 12.5. The zero-order valence-corrected chi connectivity index (χ0v) is 14.0. The second kappa shape index (κ2) is 8.29. The molecule has 1 unspecified atom stereocenters. The monoisotopic (exact) mass is 322 g/mol. The highest BCUT2D eigenvalue weighted by atomic mass is 19.1. The molecule has 0 saturated heterocycles. The van der Waals surface area contributed by atoms with Gasteiger partial charge in [-0.15, -0.1) is 0 Å². The third-order valence-corrected chi connectivity index (χ3v) is 4.81. The number of hydrogen-bond acceptors (Lipinski definition) is 3. The molecule has 128 valence electrons. The SMILES string of the molecule is CNC(=O)C(COc1ccccc1F)(CC1CCCCC1)NC. The van der Waals surface area contributed by atoms with Crippen LogP contribution in [-0.2, 0) is 4.79 Å². The first-order chi connectivity index (χ1) is 11.1. The molecule has 0 aromatic heterocycles. The van der Waals surface area contributed by atoms with Gasteiger partial charge in [-0.3, -0.25) is 4.79 Å². The largest absolute Gasteiger partial charge is 0.488 e. The maximum atomic E-state index is 13.8. The molecule has 5 heteroatoms. The van der Waals surface area contributed by atoms with Crippen molar-refractivity contribution in [3.63, 3.8) is 0 Å². The minimum atomic E-state index is -0.834. The summed E-state index contributed by atoms with van der Waals surface area (Å²) in [7, 11) is 3.39. The van der Waals surface area contributed by atoms with Crippen LogP contribution < -0.4 is 15.4 Å². The fraction of sp³-hybridized carbons (Fsp3) is 0.611. The van der Waals surface area contributed by atoms with Gasteiger partial charge in [0.1, 0.15) is 12.1 Å². The molecule has 1 aliphatic carbocycles. The molecule has 1 amide bonds. The molecule has 0 heterocycles. The van der Waals surface area contributed by atoms with Crippen LogP contribution >= 0.6 is 0 Å². The maximum absolute atomic E-state index is 13.8. The van der Waals surface area contributed by atoms with Crippen LogP contribution in [0, 0.1) is 11.7 Å². The van der Waals surface area contributed by atoms with Crippen LogP contribution in [0.25, 0.3) is 0 Å². The number of ether oxygens (including phenoxy) is 1. The molecule has 23 heavy (non-hydrogen) atoms. The van der Waals surface area contributed by atoms with Crippen LogP contribution in [0.3, 0.4) is 0 Å². The predicted octanol–water partition coefficient (Wildman–Crippen LogP) is 2.88. The summed E-state index contributed by atoms with van der Waals surface area (Å²) in [6, 6.07) is 6.28. The Kier molecular flexibility index (Phi) is 6.39. The Morgan fingerprint density at radius 1 is 1.26 bits per heavy atom. The third-order valence-electron chi connectivity index (χ3n) is 4.81. The molecular formula is C18H27FN2O2. The smallest absolute Gasteiger partial charge is 0.243 e. The van der Waals surface area contributed by atoms with Crippen LogP contribution in [-0.4, -0.2) is 32.1 Å². The van der Waals surface area contributed by atoms with E-state index in [0.717, 1.165) is 12.8 Å². The van der Waals surface area contributed by atoms with E-state index in [4.69, 9.17) is 4.74 Å². The average Bonchev–Trinajstić information content (AvgIpc) is 2.60. The minimum absolute atomic E-state index is 0.109. The molecule has 2 N–H and O–H groups in total. The van der Waals surface area contributed by atoms with E-state index in [9.17, 15) is 9.18 Å². The Morgan fingerprint density at radius 2 is 1.96 bits per heavy atom. The van der Waals surface area contributed by atoms with Gasteiger partial charge in [-0.1, -0.05) is 44.2 Å². The zero-order chi connectivity index (χ0) is 16.7. The number of para-hydroxylation sites is 1. The molecule has 4 nitrogen and oxygen atoms in total. The van der Waals surface area contributed by atoms with Crippen molar-refractivity contribution in [2.45, 2.75) is 44.1 Å². The van der Waals surface area contributed by atoms with Crippen LogP contribution in [0.1, 0.15) is 38.5 Å².